The highest BCUT2D eigenvalue weighted by molar-refractivity contribution is 5.97. The molecule has 0 aliphatic carbocycles. The summed E-state index contributed by atoms with van der Waals surface area (Å²) >= 11 is 0. The number of hydrogen-bond donors (Lipinski definition) is 0. The molecule has 1 aromatic heterocycles. The molecule has 1 aliphatic rings. The van der Waals surface area contributed by atoms with Gasteiger partial charge in [-0.1, -0.05) is 55.8 Å². The summed E-state index contributed by atoms with van der Waals surface area (Å²) < 4.78 is 2.01. The smallest absolute Gasteiger partial charge is 0.246 e. The van der Waals surface area contributed by atoms with Crippen molar-refractivity contribution in [3.8, 4) is 0 Å². The lowest BCUT2D eigenvalue weighted by atomic mass is 10.1. The van der Waals surface area contributed by atoms with Crippen molar-refractivity contribution in [1.82, 2.24) is 9.55 Å². The summed E-state index contributed by atoms with van der Waals surface area (Å²) in [4.78, 5) is 35.2. The van der Waals surface area contributed by atoms with E-state index >= 15 is 0 Å². The van der Waals surface area contributed by atoms with Crippen molar-refractivity contribution in [3.63, 3.8) is 0 Å². The highest BCUT2D eigenvalue weighted by Gasteiger charge is 2.35. The Morgan fingerprint density at radius 2 is 1.70 bits per heavy atom. The van der Waals surface area contributed by atoms with E-state index in [1.54, 1.807) is 4.90 Å². The number of nitrogens with zero attached hydrogens (tertiary/aromatic N) is 4. The number of rotatable bonds is 9. The van der Waals surface area contributed by atoms with Gasteiger partial charge >= 0.3 is 0 Å². The molecule has 1 saturated heterocycles. The number of amides is 2. The molecule has 0 N–H and O–H groups in total. The second kappa shape index (κ2) is 11.0. The average molecular weight is 495 g/mol. The monoisotopic (exact) mass is 494 g/mol. The van der Waals surface area contributed by atoms with Crippen LogP contribution in [0.1, 0.15) is 50.4 Å². The number of para-hydroxylation sites is 3. The highest BCUT2D eigenvalue weighted by Crippen LogP contribution is 2.33. The van der Waals surface area contributed by atoms with Crippen LogP contribution in [0.3, 0.4) is 0 Å². The van der Waals surface area contributed by atoms with Crippen LogP contribution in [0.25, 0.3) is 11.0 Å². The number of fused-ring (bicyclic) bond motifs is 1. The quantitative estimate of drug-likeness (QED) is 0.289. The number of anilines is 2. The van der Waals surface area contributed by atoms with Gasteiger partial charge in [-0.05, 0) is 61.7 Å². The van der Waals surface area contributed by atoms with Gasteiger partial charge in [-0.15, -0.1) is 0 Å². The molecule has 1 fully saturated rings. The number of likely N-dealkylation sites (N-methyl/N-ethyl adjacent to an activating group) is 1. The third-order valence-electron chi connectivity index (χ3n) is 7.22. The minimum Gasteiger partial charge on any atom is -0.318 e. The molecule has 6 heteroatoms. The van der Waals surface area contributed by atoms with E-state index in [4.69, 9.17) is 4.98 Å². The third kappa shape index (κ3) is 5.15. The van der Waals surface area contributed by atoms with E-state index < -0.39 is 0 Å². The number of unbranched alkanes of at least 4 members (excludes halogenated alkanes) is 1. The van der Waals surface area contributed by atoms with Crippen LogP contribution in [0.4, 0.5) is 11.4 Å². The fraction of sp³-hybridized carbons (Fsp3) is 0.323. The molecule has 1 unspecified atom stereocenters. The van der Waals surface area contributed by atoms with E-state index in [0.29, 0.717) is 19.5 Å². The number of carbonyl (C=O) groups excluding carboxylic acids is 2. The van der Waals surface area contributed by atoms with Crippen molar-refractivity contribution in [2.45, 2.75) is 52.0 Å². The molecule has 0 bridgehead atoms. The topological polar surface area (TPSA) is 58.4 Å². The lowest BCUT2D eigenvalue weighted by Gasteiger charge is -2.23. The third-order valence-corrected chi connectivity index (χ3v) is 7.22. The van der Waals surface area contributed by atoms with Crippen molar-refractivity contribution in [3.05, 3.63) is 90.3 Å². The summed E-state index contributed by atoms with van der Waals surface area (Å²) in [6.45, 7) is 5.49. The van der Waals surface area contributed by atoms with Gasteiger partial charge in [0.2, 0.25) is 11.8 Å². The minimum absolute atomic E-state index is 0.00181. The summed E-state index contributed by atoms with van der Waals surface area (Å²) in [5.41, 5.74) is 4.87. The minimum atomic E-state index is -0.0840. The van der Waals surface area contributed by atoms with Gasteiger partial charge < -0.3 is 14.4 Å². The fourth-order valence-corrected chi connectivity index (χ4v) is 5.26. The lowest BCUT2D eigenvalue weighted by Crippen LogP contribution is -2.34. The molecule has 5 rings (SSSR count). The molecule has 1 aliphatic heterocycles. The van der Waals surface area contributed by atoms with Gasteiger partial charge in [-0.2, -0.15) is 0 Å². The Hall–Kier alpha value is -3.93. The van der Waals surface area contributed by atoms with Crippen molar-refractivity contribution < 1.29 is 9.59 Å². The predicted molar refractivity (Wildman–Crippen MR) is 149 cm³/mol. The molecule has 4 aromatic rings. The van der Waals surface area contributed by atoms with E-state index in [-0.39, 0.29) is 24.3 Å². The molecule has 2 heterocycles. The van der Waals surface area contributed by atoms with Crippen molar-refractivity contribution in [1.29, 1.82) is 0 Å². The molecule has 190 valence electrons. The number of carbonyl (C=O) groups is 2. The Bertz CT molecular complexity index is 1380. The van der Waals surface area contributed by atoms with E-state index in [1.807, 2.05) is 71.0 Å². The summed E-state index contributed by atoms with van der Waals surface area (Å²) in [6, 6.07) is 26.0. The summed E-state index contributed by atoms with van der Waals surface area (Å²) in [6.07, 6.45) is 3.77. The number of aryl methyl sites for hydroxylation is 1. The molecular weight excluding hydrogens is 460 g/mol. The zero-order valence-electron chi connectivity index (χ0n) is 21.6. The molecule has 37 heavy (non-hydrogen) atoms. The second-order valence-corrected chi connectivity index (χ2v) is 9.69. The summed E-state index contributed by atoms with van der Waals surface area (Å²) in [5, 5.41) is 0. The predicted octanol–water partition coefficient (Wildman–Crippen LogP) is 5.95. The van der Waals surface area contributed by atoms with Gasteiger partial charge in [0, 0.05) is 36.8 Å². The van der Waals surface area contributed by atoms with Crippen LogP contribution in [-0.4, -0.2) is 34.5 Å². The second-order valence-electron chi connectivity index (χ2n) is 9.69. The van der Waals surface area contributed by atoms with Gasteiger partial charge in [0.05, 0.1) is 11.0 Å². The van der Waals surface area contributed by atoms with Crippen LogP contribution in [0, 0.1) is 0 Å². The molecule has 2 amide bonds. The molecule has 0 radical (unpaired) electrons. The average Bonchev–Trinajstić information content (AvgIpc) is 3.49. The van der Waals surface area contributed by atoms with Crippen LogP contribution in [0.2, 0.25) is 0 Å². The standard InChI is InChI=1S/C31H34N4O2/c1-3-5-11-23-16-18-26(19-17-23)34-21-24(20-29(34)36)31-32-27-14-9-10-15-28(27)35(31)22-30(37)33(4-2)25-12-7-6-8-13-25/h6-10,12-19,24H,3-5,11,20-22H2,1-2H3. The molecule has 0 spiro atoms. The van der Waals surface area contributed by atoms with Gasteiger partial charge in [-0.3, -0.25) is 9.59 Å². The maximum Gasteiger partial charge on any atom is 0.246 e. The van der Waals surface area contributed by atoms with Crippen molar-refractivity contribution in [2.75, 3.05) is 22.9 Å². The zero-order valence-corrected chi connectivity index (χ0v) is 21.6. The van der Waals surface area contributed by atoms with E-state index in [9.17, 15) is 9.59 Å². The lowest BCUT2D eigenvalue weighted by molar-refractivity contribution is -0.119. The molecule has 0 saturated carbocycles. The summed E-state index contributed by atoms with van der Waals surface area (Å²) in [5.74, 6) is 0.811. The van der Waals surface area contributed by atoms with Gasteiger partial charge in [-0.25, -0.2) is 4.98 Å². The molecule has 6 nitrogen and oxygen atoms in total. The molecular formula is C31H34N4O2. The largest absolute Gasteiger partial charge is 0.318 e. The number of aromatic nitrogens is 2. The van der Waals surface area contributed by atoms with E-state index in [2.05, 4.69) is 31.2 Å². The number of benzene rings is 3. The fourth-order valence-electron chi connectivity index (χ4n) is 5.26. The van der Waals surface area contributed by atoms with E-state index in [1.165, 1.54) is 18.4 Å². The van der Waals surface area contributed by atoms with Crippen molar-refractivity contribution in [2.24, 2.45) is 0 Å². The number of imidazole rings is 1. The molecule has 3 aromatic carbocycles. The van der Waals surface area contributed by atoms with Gasteiger partial charge in [0.1, 0.15) is 12.4 Å². The first-order chi connectivity index (χ1) is 18.1. The van der Waals surface area contributed by atoms with Crippen LogP contribution in [-0.2, 0) is 22.6 Å². The Morgan fingerprint density at radius 1 is 0.973 bits per heavy atom. The SMILES string of the molecule is CCCCc1ccc(N2CC(c3nc4ccccc4n3CC(=O)N(CC)c3ccccc3)CC2=O)cc1. The molecule has 1 atom stereocenters. The van der Waals surface area contributed by atoms with Gasteiger partial charge in [0.25, 0.3) is 0 Å². The maximum atomic E-state index is 13.5. The Balaban J connectivity index is 1.42. The zero-order chi connectivity index (χ0) is 25.8. The maximum absolute atomic E-state index is 13.5. The normalized spacial score (nSPS) is 15.5. The van der Waals surface area contributed by atoms with Crippen LogP contribution in [0.5, 0.6) is 0 Å². The van der Waals surface area contributed by atoms with Crippen LogP contribution >= 0.6 is 0 Å². The van der Waals surface area contributed by atoms with Gasteiger partial charge in [0.15, 0.2) is 0 Å². The first kappa shape index (κ1) is 24.8. The highest BCUT2D eigenvalue weighted by atomic mass is 16.2. The first-order valence-electron chi connectivity index (χ1n) is 13.3. The number of hydrogen-bond acceptors (Lipinski definition) is 3. The van der Waals surface area contributed by atoms with Crippen LogP contribution in [0.15, 0.2) is 78.9 Å². The summed E-state index contributed by atoms with van der Waals surface area (Å²) in [7, 11) is 0. The Morgan fingerprint density at radius 3 is 2.43 bits per heavy atom. The Labute approximate surface area is 218 Å². The van der Waals surface area contributed by atoms with Crippen LogP contribution < -0.4 is 9.80 Å². The Kier molecular flexibility index (Phi) is 7.35. The van der Waals surface area contributed by atoms with E-state index in [0.717, 1.165) is 34.7 Å². The van der Waals surface area contributed by atoms with Crippen molar-refractivity contribution >= 4 is 34.2 Å². The first-order valence-corrected chi connectivity index (χ1v) is 13.3.